The Morgan fingerprint density at radius 2 is 2.00 bits per heavy atom. The number of carbonyl (C=O) groups is 1. The van der Waals surface area contributed by atoms with Crippen LogP contribution in [0.4, 0.5) is 10.3 Å². The van der Waals surface area contributed by atoms with E-state index in [-0.39, 0.29) is 11.7 Å². The zero-order valence-corrected chi connectivity index (χ0v) is 13.4. The molecule has 116 valence electrons. The van der Waals surface area contributed by atoms with Crippen molar-refractivity contribution < 1.29 is 9.18 Å². The van der Waals surface area contributed by atoms with E-state index in [4.69, 9.17) is 0 Å². The van der Waals surface area contributed by atoms with Crippen molar-refractivity contribution in [1.29, 1.82) is 0 Å². The minimum Gasteiger partial charge on any atom is -0.356 e. The first-order valence-electron chi connectivity index (χ1n) is 6.86. The number of hydrogen-bond acceptors (Lipinski definition) is 4. The van der Waals surface area contributed by atoms with Crippen molar-refractivity contribution in [3.05, 3.63) is 52.5 Å². The Kier molecular flexibility index (Phi) is 6.27. The van der Waals surface area contributed by atoms with Crippen molar-refractivity contribution in [2.24, 2.45) is 0 Å². The Balaban J connectivity index is 1.64. The first kappa shape index (κ1) is 16.4. The zero-order chi connectivity index (χ0) is 15.8. The smallest absolute Gasteiger partial charge is 0.222 e. The quantitative estimate of drug-likeness (QED) is 0.789. The second kappa shape index (κ2) is 8.43. The van der Waals surface area contributed by atoms with E-state index in [0.29, 0.717) is 36.4 Å². The number of amides is 1. The monoisotopic (exact) mass is 366 g/mol. The summed E-state index contributed by atoms with van der Waals surface area (Å²) in [4.78, 5) is 19.7. The Morgan fingerprint density at radius 1 is 1.23 bits per heavy atom. The fraction of sp³-hybridized carbons (Fsp3) is 0.267. The Hall–Kier alpha value is -2.02. The number of rotatable bonds is 7. The van der Waals surface area contributed by atoms with Crippen molar-refractivity contribution in [3.8, 4) is 0 Å². The topological polar surface area (TPSA) is 66.9 Å². The van der Waals surface area contributed by atoms with Crippen LogP contribution in [0.15, 0.2) is 41.1 Å². The third-order valence-electron chi connectivity index (χ3n) is 2.92. The van der Waals surface area contributed by atoms with Gasteiger partial charge in [0.15, 0.2) is 0 Å². The van der Waals surface area contributed by atoms with Gasteiger partial charge >= 0.3 is 0 Å². The Labute approximate surface area is 136 Å². The average molecular weight is 367 g/mol. The van der Waals surface area contributed by atoms with E-state index in [1.807, 2.05) is 0 Å². The molecule has 2 aromatic rings. The molecule has 0 aliphatic rings. The van der Waals surface area contributed by atoms with Gasteiger partial charge in [-0.1, -0.05) is 6.07 Å². The van der Waals surface area contributed by atoms with Crippen LogP contribution in [0.3, 0.4) is 0 Å². The summed E-state index contributed by atoms with van der Waals surface area (Å²) in [6, 6.07) is 6.56. The second-order valence-corrected chi connectivity index (χ2v) is 5.45. The van der Waals surface area contributed by atoms with E-state index < -0.39 is 0 Å². The van der Waals surface area contributed by atoms with Crippen LogP contribution in [0.5, 0.6) is 0 Å². The summed E-state index contributed by atoms with van der Waals surface area (Å²) in [7, 11) is 0. The van der Waals surface area contributed by atoms with Crippen molar-refractivity contribution in [3.63, 3.8) is 0 Å². The molecular formula is C15H16BrFN4O. The summed E-state index contributed by atoms with van der Waals surface area (Å²) in [6.45, 7) is 0.983. The third-order valence-corrected chi connectivity index (χ3v) is 3.53. The molecule has 1 aromatic heterocycles. The highest BCUT2D eigenvalue weighted by Gasteiger charge is 2.03. The number of benzene rings is 1. The first-order chi connectivity index (χ1) is 10.6. The zero-order valence-electron chi connectivity index (χ0n) is 11.9. The van der Waals surface area contributed by atoms with Gasteiger partial charge in [-0.15, -0.1) is 0 Å². The number of hydrogen-bond donors (Lipinski definition) is 2. The van der Waals surface area contributed by atoms with Gasteiger partial charge in [0.2, 0.25) is 11.9 Å². The normalized spacial score (nSPS) is 10.3. The maximum atomic E-state index is 13.1. The summed E-state index contributed by atoms with van der Waals surface area (Å²) in [5.41, 5.74) is 0.962. The van der Waals surface area contributed by atoms with Crippen LogP contribution in [0.1, 0.15) is 12.0 Å². The number of anilines is 1. The average Bonchev–Trinajstić information content (AvgIpc) is 2.52. The molecule has 0 fully saturated rings. The summed E-state index contributed by atoms with van der Waals surface area (Å²) in [5.74, 6) is 0.165. The molecule has 5 nitrogen and oxygen atoms in total. The molecule has 7 heteroatoms. The highest BCUT2D eigenvalue weighted by Crippen LogP contribution is 2.16. The van der Waals surface area contributed by atoms with Gasteiger partial charge in [0.05, 0.1) is 4.47 Å². The van der Waals surface area contributed by atoms with Gasteiger partial charge in [-0.3, -0.25) is 4.79 Å². The van der Waals surface area contributed by atoms with Crippen LogP contribution < -0.4 is 10.6 Å². The molecule has 0 radical (unpaired) electrons. The lowest BCUT2D eigenvalue weighted by Gasteiger charge is -2.07. The molecule has 0 atom stereocenters. The molecule has 1 heterocycles. The number of aromatic nitrogens is 2. The first-order valence-corrected chi connectivity index (χ1v) is 7.66. The lowest BCUT2D eigenvalue weighted by molar-refractivity contribution is -0.120. The molecule has 0 saturated heterocycles. The van der Waals surface area contributed by atoms with Crippen LogP contribution in [0.25, 0.3) is 0 Å². The van der Waals surface area contributed by atoms with Gasteiger partial charge in [-0.25, -0.2) is 14.4 Å². The van der Waals surface area contributed by atoms with E-state index in [9.17, 15) is 9.18 Å². The van der Waals surface area contributed by atoms with Crippen molar-refractivity contribution >= 4 is 27.8 Å². The molecule has 1 amide bonds. The summed E-state index contributed by atoms with van der Waals surface area (Å²) >= 11 is 3.14. The van der Waals surface area contributed by atoms with Crippen LogP contribution in [0.2, 0.25) is 0 Å². The molecule has 0 spiro atoms. The predicted octanol–water partition coefficient (Wildman–Crippen LogP) is 2.54. The molecule has 22 heavy (non-hydrogen) atoms. The van der Waals surface area contributed by atoms with E-state index in [0.717, 1.165) is 5.56 Å². The van der Waals surface area contributed by atoms with Crippen LogP contribution in [-0.4, -0.2) is 29.0 Å². The molecule has 1 aromatic carbocycles. The fourth-order valence-corrected chi connectivity index (χ4v) is 2.23. The molecular weight excluding hydrogens is 351 g/mol. The maximum absolute atomic E-state index is 13.1. The number of carbonyl (C=O) groups excluding carboxylic acids is 1. The number of halogens is 2. The SMILES string of the molecule is O=C(CCNc1ncccn1)NCCc1ccc(F)c(Br)c1. The summed E-state index contributed by atoms with van der Waals surface area (Å²) in [5, 5.41) is 5.79. The van der Waals surface area contributed by atoms with Gasteiger partial charge in [0.1, 0.15) is 5.82 Å². The van der Waals surface area contributed by atoms with Crippen LogP contribution >= 0.6 is 15.9 Å². The maximum Gasteiger partial charge on any atom is 0.222 e. The number of nitrogens with zero attached hydrogens (tertiary/aromatic N) is 2. The summed E-state index contributed by atoms with van der Waals surface area (Å²) < 4.78 is 13.5. The van der Waals surface area contributed by atoms with Crippen molar-refractivity contribution in [2.45, 2.75) is 12.8 Å². The lowest BCUT2D eigenvalue weighted by Crippen LogP contribution is -2.27. The van der Waals surface area contributed by atoms with E-state index in [1.54, 1.807) is 30.6 Å². The van der Waals surface area contributed by atoms with Gasteiger partial charge in [0, 0.05) is 31.9 Å². The third kappa shape index (κ3) is 5.40. The summed E-state index contributed by atoms with van der Waals surface area (Å²) in [6.07, 6.45) is 4.26. The molecule has 2 N–H and O–H groups in total. The lowest BCUT2D eigenvalue weighted by atomic mass is 10.1. The van der Waals surface area contributed by atoms with E-state index in [1.165, 1.54) is 6.07 Å². The molecule has 2 rings (SSSR count). The molecule has 0 saturated carbocycles. The molecule has 0 unspecified atom stereocenters. The predicted molar refractivity (Wildman–Crippen MR) is 86.0 cm³/mol. The Bertz CT molecular complexity index is 624. The van der Waals surface area contributed by atoms with Gasteiger partial charge in [-0.05, 0) is 46.1 Å². The molecule has 0 aliphatic heterocycles. The highest BCUT2D eigenvalue weighted by atomic mass is 79.9. The van der Waals surface area contributed by atoms with Gasteiger partial charge in [-0.2, -0.15) is 0 Å². The van der Waals surface area contributed by atoms with Crippen LogP contribution in [0, 0.1) is 5.82 Å². The molecule has 0 aliphatic carbocycles. The van der Waals surface area contributed by atoms with E-state index in [2.05, 4.69) is 36.5 Å². The number of nitrogens with one attached hydrogen (secondary N) is 2. The van der Waals surface area contributed by atoms with Gasteiger partial charge in [0.25, 0.3) is 0 Å². The minimum atomic E-state index is -0.290. The molecule has 0 bridgehead atoms. The fourth-order valence-electron chi connectivity index (χ4n) is 1.81. The standard InChI is InChI=1S/C15H16BrFN4O/c16-12-10-11(2-3-13(12)17)4-8-18-14(22)5-9-21-15-19-6-1-7-20-15/h1-3,6-7,10H,4-5,8-9H2,(H,18,22)(H,19,20,21). The van der Waals surface area contributed by atoms with Crippen molar-refractivity contribution in [2.75, 3.05) is 18.4 Å². The second-order valence-electron chi connectivity index (χ2n) is 4.60. The largest absolute Gasteiger partial charge is 0.356 e. The van der Waals surface area contributed by atoms with Crippen molar-refractivity contribution in [1.82, 2.24) is 15.3 Å². The Morgan fingerprint density at radius 3 is 2.73 bits per heavy atom. The highest BCUT2D eigenvalue weighted by molar-refractivity contribution is 9.10. The minimum absolute atomic E-state index is 0.0513. The van der Waals surface area contributed by atoms with E-state index >= 15 is 0 Å². The van der Waals surface area contributed by atoms with Crippen LogP contribution in [-0.2, 0) is 11.2 Å². The van der Waals surface area contributed by atoms with Gasteiger partial charge < -0.3 is 10.6 Å².